The smallest absolute Gasteiger partial charge is 0.235 e. The number of hydrogen-bond donors (Lipinski definition) is 1. The normalized spacial score (nSPS) is 20.7. The minimum Gasteiger partial charge on any atom is -0.376 e. The van der Waals surface area contributed by atoms with Crippen LogP contribution in [0.4, 0.5) is 5.00 Å². The van der Waals surface area contributed by atoms with E-state index in [0.29, 0.717) is 16.5 Å². The fourth-order valence-corrected chi connectivity index (χ4v) is 6.29. The Morgan fingerprint density at radius 2 is 2.13 bits per heavy atom. The lowest BCUT2D eigenvalue weighted by molar-refractivity contribution is -0.113. The van der Waals surface area contributed by atoms with Gasteiger partial charge in [-0.1, -0.05) is 11.8 Å². The van der Waals surface area contributed by atoms with Crippen LogP contribution in [0.2, 0.25) is 0 Å². The molecule has 0 spiro atoms. The minimum atomic E-state index is -0.102. The van der Waals surface area contributed by atoms with E-state index in [1.54, 1.807) is 11.3 Å². The van der Waals surface area contributed by atoms with Crippen molar-refractivity contribution in [3.63, 3.8) is 0 Å². The van der Waals surface area contributed by atoms with Crippen molar-refractivity contribution in [2.45, 2.75) is 75.1 Å². The van der Waals surface area contributed by atoms with E-state index in [1.165, 1.54) is 16.6 Å². The number of ether oxygens (including phenoxy) is 1. The molecule has 3 heterocycles. The fraction of sp³-hybridized carbons (Fsp3) is 0.619. The zero-order valence-electron chi connectivity index (χ0n) is 16.9. The first kappa shape index (κ1) is 20.0. The van der Waals surface area contributed by atoms with Gasteiger partial charge in [-0.15, -0.1) is 21.5 Å². The molecular weight excluding hydrogens is 418 g/mol. The first-order chi connectivity index (χ1) is 14.7. The average molecular weight is 444 g/mol. The Morgan fingerprint density at radius 3 is 2.90 bits per heavy atom. The standard InChI is InChI=1S/C21H25N5O2S2/c22-10-16-15-5-1-2-6-17(15)30-20(16)23-18(27)12-29-21-25-24-19(13-7-8-13)26(21)11-14-4-3-9-28-14/h13-14H,1-9,11-12H2,(H,23,27). The van der Waals surface area contributed by atoms with E-state index < -0.39 is 0 Å². The van der Waals surface area contributed by atoms with Gasteiger partial charge in [0.05, 0.1) is 24.0 Å². The van der Waals surface area contributed by atoms with Gasteiger partial charge >= 0.3 is 0 Å². The molecule has 1 saturated carbocycles. The molecule has 158 valence electrons. The summed E-state index contributed by atoms with van der Waals surface area (Å²) in [4.78, 5) is 13.9. The van der Waals surface area contributed by atoms with Gasteiger partial charge < -0.3 is 14.6 Å². The second kappa shape index (κ2) is 8.69. The van der Waals surface area contributed by atoms with Gasteiger partial charge in [-0.2, -0.15) is 5.26 Å². The predicted molar refractivity (Wildman–Crippen MR) is 116 cm³/mol. The van der Waals surface area contributed by atoms with Crippen molar-refractivity contribution in [1.29, 1.82) is 5.26 Å². The zero-order chi connectivity index (χ0) is 20.5. The molecule has 2 aromatic rings. The van der Waals surface area contributed by atoms with Crippen LogP contribution in [0.15, 0.2) is 5.16 Å². The Kier molecular flexibility index (Phi) is 5.81. The maximum absolute atomic E-state index is 12.7. The molecule has 2 aliphatic carbocycles. The van der Waals surface area contributed by atoms with E-state index in [9.17, 15) is 10.1 Å². The summed E-state index contributed by atoms with van der Waals surface area (Å²) < 4.78 is 7.98. The number of rotatable bonds is 7. The van der Waals surface area contributed by atoms with Crippen LogP contribution in [0.3, 0.4) is 0 Å². The van der Waals surface area contributed by atoms with E-state index in [0.717, 1.165) is 81.1 Å². The van der Waals surface area contributed by atoms with Crippen LogP contribution in [0.5, 0.6) is 0 Å². The third-order valence-corrected chi connectivity index (χ3v) is 8.14. The van der Waals surface area contributed by atoms with Crippen LogP contribution < -0.4 is 5.32 Å². The number of anilines is 1. The van der Waals surface area contributed by atoms with E-state index in [-0.39, 0.29) is 17.8 Å². The average Bonchev–Trinajstić information content (AvgIpc) is 3.17. The highest BCUT2D eigenvalue weighted by molar-refractivity contribution is 7.99. The van der Waals surface area contributed by atoms with Gasteiger partial charge in [0, 0.05) is 17.4 Å². The molecule has 0 bridgehead atoms. The van der Waals surface area contributed by atoms with Crippen LogP contribution in [0.25, 0.3) is 0 Å². The van der Waals surface area contributed by atoms with Gasteiger partial charge in [-0.05, 0) is 56.9 Å². The first-order valence-electron chi connectivity index (χ1n) is 10.7. The molecule has 5 rings (SSSR count). The summed E-state index contributed by atoms with van der Waals surface area (Å²) in [5.41, 5.74) is 1.80. The predicted octanol–water partition coefficient (Wildman–Crippen LogP) is 3.88. The number of nitrogens with zero attached hydrogens (tertiary/aromatic N) is 4. The number of carbonyl (C=O) groups is 1. The topological polar surface area (TPSA) is 92.8 Å². The van der Waals surface area contributed by atoms with Crippen molar-refractivity contribution in [1.82, 2.24) is 14.8 Å². The summed E-state index contributed by atoms with van der Waals surface area (Å²) in [6.45, 7) is 1.58. The van der Waals surface area contributed by atoms with Crippen molar-refractivity contribution in [2.24, 2.45) is 0 Å². The van der Waals surface area contributed by atoms with Crippen molar-refractivity contribution in [3.8, 4) is 6.07 Å². The molecule has 7 nitrogen and oxygen atoms in total. The second-order valence-electron chi connectivity index (χ2n) is 8.22. The lowest BCUT2D eigenvalue weighted by Gasteiger charge is -2.14. The van der Waals surface area contributed by atoms with Gasteiger partial charge in [0.2, 0.25) is 5.91 Å². The summed E-state index contributed by atoms with van der Waals surface area (Å²) >= 11 is 2.98. The van der Waals surface area contributed by atoms with Gasteiger partial charge in [0.15, 0.2) is 5.16 Å². The lowest BCUT2D eigenvalue weighted by Crippen LogP contribution is -2.19. The van der Waals surface area contributed by atoms with Crippen molar-refractivity contribution in [2.75, 3.05) is 17.7 Å². The first-order valence-corrected chi connectivity index (χ1v) is 12.5. The number of aryl methyl sites for hydroxylation is 1. The summed E-state index contributed by atoms with van der Waals surface area (Å²) in [6.07, 6.45) is 8.92. The number of carbonyl (C=O) groups excluding carboxylic acids is 1. The van der Waals surface area contributed by atoms with Crippen LogP contribution in [0, 0.1) is 11.3 Å². The molecule has 1 saturated heterocycles. The van der Waals surface area contributed by atoms with E-state index in [2.05, 4.69) is 26.2 Å². The Hall–Kier alpha value is -1.89. The monoisotopic (exact) mass is 443 g/mol. The summed E-state index contributed by atoms with van der Waals surface area (Å²) in [6, 6.07) is 2.30. The molecule has 2 fully saturated rings. The number of fused-ring (bicyclic) bond motifs is 1. The molecule has 1 aliphatic heterocycles. The highest BCUT2D eigenvalue weighted by Crippen LogP contribution is 2.41. The molecule has 1 unspecified atom stereocenters. The molecule has 1 N–H and O–H groups in total. The molecule has 30 heavy (non-hydrogen) atoms. The fourth-order valence-electron chi connectivity index (χ4n) is 4.28. The van der Waals surface area contributed by atoms with Gasteiger partial charge in [0.25, 0.3) is 0 Å². The molecule has 9 heteroatoms. The number of amides is 1. The summed E-state index contributed by atoms with van der Waals surface area (Å²) in [7, 11) is 0. The van der Waals surface area contributed by atoms with Crippen LogP contribution in [0.1, 0.15) is 66.3 Å². The Balaban J connectivity index is 1.26. The Morgan fingerprint density at radius 1 is 1.27 bits per heavy atom. The number of thioether (sulfide) groups is 1. The number of nitriles is 1. The van der Waals surface area contributed by atoms with Crippen molar-refractivity contribution in [3.05, 3.63) is 21.8 Å². The third kappa shape index (κ3) is 4.13. The molecule has 0 aromatic carbocycles. The summed E-state index contributed by atoms with van der Waals surface area (Å²) in [5, 5.41) is 22.8. The molecule has 1 atom stereocenters. The van der Waals surface area contributed by atoms with E-state index in [1.807, 2.05) is 0 Å². The van der Waals surface area contributed by atoms with Crippen LogP contribution in [-0.4, -0.2) is 39.1 Å². The molecule has 3 aliphatic rings. The van der Waals surface area contributed by atoms with Gasteiger partial charge in [-0.3, -0.25) is 4.79 Å². The molecule has 2 aromatic heterocycles. The van der Waals surface area contributed by atoms with Crippen molar-refractivity contribution < 1.29 is 9.53 Å². The maximum Gasteiger partial charge on any atom is 0.235 e. The number of thiophene rings is 1. The number of aromatic nitrogens is 3. The Labute approximate surface area is 184 Å². The van der Waals surface area contributed by atoms with Crippen LogP contribution >= 0.6 is 23.1 Å². The van der Waals surface area contributed by atoms with Gasteiger partial charge in [0.1, 0.15) is 16.9 Å². The minimum absolute atomic E-state index is 0.102. The molecule has 1 amide bonds. The maximum atomic E-state index is 12.7. The molecular formula is C21H25N5O2S2. The van der Waals surface area contributed by atoms with Crippen LogP contribution in [-0.2, 0) is 28.9 Å². The SMILES string of the molecule is N#Cc1c(NC(=O)CSc2nnc(C3CC3)n2CC2CCCO2)sc2c1CCCC2. The lowest BCUT2D eigenvalue weighted by atomic mass is 9.96. The van der Waals surface area contributed by atoms with E-state index >= 15 is 0 Å². The quantitative estimate of drug-likeness (QED) is 0.653. The summed E-state index contributed by atoms with van der Waals surface area (Å²) in [5.74, 6) is 1.68. The largest absolute Gasteiger partial charge is 0.376 e. The zero-order valence-corrected chi connectivity index (χ0v) is 18.5. The Bertz CT molecular complexity index is 982. The van der Waals surface area contributed by atoms with E-state index in [4.69, 9.17) is 4.74 Å². The van der Waals surface area contributed by atoms with Gasteiger partial charge in [-0.25, -0.2) is 0 Å². The highest BCUT2D eigenvalue weighted by atomic mass is 32.2. The number of nitrogens with one attached hydrogen (secondary N) is 1. The van der Waals surface area contributed by atoms with Crippen molar-refractivity contribution >= 4 is 34.0 Å². The third-order valence-electron chi connectivity index (χ3n) is 5.97. The highest BCUT2D eigenvalue weighted by Gasteiger charge is 2.32. The second-order valence-corrected chi connectivity index (χ2v) is 10.3. The number of hydrogen-bond acceptors (Lipinski definition) is 7. The molecule has 0 radical (unpaired) electrons.